The van der Waals surface area contributed by atoms with Crippen molar-refractivity contribution < 1.29 is 9.34 Å². The Balaban J connectivity index is 2.10. The summed E-state index contributed by atoms with van der Waals surface area (Å²) in [4.78, 5) is 10.2. The molecule has 2 aromatic rings. The van der Waals surface area contributed by atoms with Crippen LogP contribution in [0.5, 0.6) is 0 Å². The molecule has 1 heterocycles. The van der Waals surface area contributed by atoms with Gasteiger partial charge in [0.15, 0.2) is 5.22 Å². The lowest BCUT2D eigenvalue weighted by atomic mass is 10.2. The number of nitrogens with one attached hydrogen (secondary N) is 1. The molecule has 94 valence electrons. The standard InChI is InChI=1S/C11H8Cl2N2O3/c12-9-3-1-7(5-10(9)15(16)17)14-6-8-2-4-11(13)18-8/h1-5,14H,6H2. The third kappa shape index (κ3) is 2.94. The van der Waals surface area contributed by atoms with E-state index in [9.17, 15) is 10.1 Å². The van der Waals surface area contributed by atoms with Gasteiger partial charge in [0.05, 0.1) is 11.5 Å². The average Bonchev–Trinajstić information content (AvgIpc) is 2.74. The molecule has 0 amide bonds. The van der Waals surface area contributed by atoms with Crippen LogP contribution in [0.3, 0.4) is 0 Å². The molecule has 0 saturated heterocycles. The van der Waals surface area contributed by atoms with E-state index in [-0.39, 0.29) is 10.7 Å². The Bertz CT molecular complexity index is 583. The van der Waals surface area contributed by atoms with Crippen molar-refractivity contribution >= 4 is 34.6 Å². The van der Waals surface area contributed by atoms with Crippen LogP contribution in [0, 0.1) is 10.1 Å². The van der Waals surface area contributed by atoms with Gasteiger partial charge in [-0.05, 0) is 35.9 Å². The number of hydrogen-bond acceptors (Lipinski definition) is 4. The zero-order valence-corrected chi connectivity index (χ0v) is 10.5. The van der Waals surface area contributed by atoms with E-state index in [0.29, 0.717) is 23.2 Å². The van der Waals surface area contributed by atoms with Gasteiger partial charge < -0.3 is 9.73 Å². The van der Waals surface area contributed by atoms with Crippen LogP contribution in [0.25, 0.3) is 0 Å². The maximum atomic E-state index is 10.7. The molecule has 0 saturated carbocycles. The Morgan fingerprint density at radius 1 is 1.28 bits per heavy atom. The molecule has 0 aliphatic rings. The quantitative estimate of drug-likeness (QED) is 0.678. The van der Waals surface area contributed by atoms with Crippen molar-refractivity contribution in [2.75, 3.05) is 5.32 Å². The first kappa shape index (κ1) is 12.7. The van der Waals surface area contributed by atoms with Gasteiger partial charge in [-0.1, -0.05) is 11.6 Å². The van der Waals surface area contributed by atoms with E-state index in [1.807, 2.05) is 0 Å². The van der Waals surface area contributed by atoms with E-state index in [0.717, 1.165) is 0 Å². The Labute approximate surface area is 112 Å². The highest BCUT2D eigenvalue weighted by Crippen LogP contribution is 2.27. The summed E-state index contributed by atoms with van der Waals surface area (Å²) < 4.78 is 5.15. The molecule has 0 bridgehead atoms. The molecule has 1 aromatic heterocycles. The first-order chi connectivity index (χ1) is 8.56. The van der Waals surface area contributed by atoms with Gasteiger partial charge in [-0.15, -0.1) is 0 Å². The highest BCUT2D eigenvalue weighted by atomic mass is 35.5. The number of benzene rings is 1. The highest BCUT2D eigenvalue weighted by molar-refractivity contribution is 6.32. The normalized spacial score (nSPS) is 10.3. The Morgan fingerprint density at radius 3 is 2.67 bits per heavy atom. The van der Waals surface area contributed by atoms with Crippen LogP contribution in [0.4, 0.5) is 11.4 Å². The molecule has 2 rings (SSSR count). The zero-order valence-electron chi connectivity index (χ0n) is 9.02. The van der Waals surface area contributed by atoms with Crippen LogP contribution >= 0.6 is 23.2 Å². The van der Waals surface area contributed by atoms with E-state index in [4.69, 9.17) is 27.6 Å². The molecule has 1 aromatic carbocycles. The van der Waals surface area contributed by atoms with Crippen LogP contribution in [0.15, 0.2) is 34.7 Å². The molecule has 18 heavy (non-hydrogen) atoms. The lowest BCUT2D eigenvalue weighted by Crippen LogP contribution is -1.99. The van der Waals surface area contributed by atoms with Crippen molar-refractivity contribution in [3.05, 3.63) is 56.4 Å². The number of hydrogen-bond donors (Lipinski definition) is 1. The van der Waals surface area contributed by atoms with Crippen LogP contribution in [0.2, 0.25) is 10.2 Å². The number of halogens is 2. The van der Waals surface area contributed by atoms with E-state index in [1.165, 1.54) is 12.1 Å². The second-order valence-electron chi connectivity index (χ2n) is 3.48. The van der Waals surface area contributed by atoms with Gasteiger partial charge in [0.25, 0.3) is 5.69 Å². The van der Waals surface area contributed by atoms with Crippen LogP contribution in [-0.2, 0) is 6.54 Å². The lowest BCUT2D eigenvalue weighted by molar-refractivity contribution is -0.384. The van der Waals surface area contributed by atoms with E-state index < -0.39 is 4.92 Å². The van der Waals surface area contributed by atoms with Crippen molar-refractivity contribution in [3.63, 3.8) is 0 Å². The average molecular weight is 287 g/mol. The third-order valence-electron chi connectivity index (χ3n) is 2.24. The van der Waals surface area contributed by atoms with E-state index in [2.05, 4.69) is 5.32 Å². The SMILES string of the molecule is O=[N+]([O-])c1cc(NCc2ccc(Cl)o2)ccc1Cl. The van der Waals surface area contributed by atoms with Crippen molar-refractivity contribution in [1.29, 1.82) is 0 Å². The largest absolute Gasteiger partial charge is 0.448 e. The topological polar surface area (TPSA) is 68.3 Å². The minimum atomic E-state index is -0.530. The van der Waals surface area contributed by atoms with Gasteiger partial charge in [0.1, 0.15) is 10.8 Å². The van der Waals surface area contributed by atoms with Crippen LogP contribution in [-0.4, -0.2) is 4.92 Å². The first-order valence-corrected chi connectivity index (χ1v) is 5.74. The molecule has 0 spiro atoms. The molecular formula is C11H8Cl2N2O3. The van der Waals surface area contributed by atoms with Crippen molar-refractivity contribution in [2.45, 2.75) is 6.54 Å². The summed E-state index contributed by atoms with van der Waals surface area (Å²) in [6.45, 7) is 0.380. The van der Waals surface area contributed by atoms with Crippen LogP contribution < -0.4 is 5.32 Å². The summed E-state index contributed by atoms with van der Waals surface area (Å²) in [6.07, 6.45) is 0. The molecular weight excluding hydrogens is 279 g/mol. The summed E-state index contributed by atoms with van der Waals surface area (Å²) in [5.74, 6) is 0.637. The van der Waals surface area contributed by atoms with Crippen LogP contribution in [0.1, 0.15) is 5.76 Å². The number of nitro benzene ring substituents is 1. The molecule has 0 aliphatic heterocycles. The Kier molecular flexibility index (Phi) is 3.74. The smallest absolute Gasteiger partial charge is 0.289 e. The molecule has 7 heteroatoms. The number of furan rings is 1. The fourth-order valence-electron chi connectivity index (χ4n) is 1.40. The molecule has 0 radical (unpaired) electrons. The van der Waals surface area contributed by atoms with Gasteiger partial charge in [0, 0.05) is 11.8 Å². The number of nitro groups is 1. The predicted molar refractivity (Wildman–Crippen MR) is 69.2 cm³/mol. The molecule has 0 atom stereocenters. The lowest BCUT2D eigenvalue weighted by Gasteiger charge is -2.04. The number of rotatable bonds is 4. The zero-order chi connectivity index (χ0) is 13.1. The maximum absolute atomic E-state index is 10.7. The first-order valence-electron chi connectivity index (χ1n) is 4.98. The highest BCUT2D eigenvalue weighted by Gasteiger charge is 2.12. The Hall–Kier alpha value is -1.72. The molecule has 1 N–H and O–H groups in total. The van der Waals surface area contributed by atoms with Gasteiger partial charge in [-0.25, -0.2) is 0 Å². The van der Waals surface area contributed by atoms with Crippen molar-refractivity contribution in [3.8, 4) is 0 Å². The molecule has 0 unspecified atom stereocenters. The van der Waals surface area contributed by atoms with Gasteiger partial charge in [-0.3, -0.25) is 10.1 Å². The second-order valence-corrected chi connectivity index (χ2v) is 4.26. The number of anilines is 1. The van der Waals surface area contributed by atoms with Crippen molar-refractivity contribution in [2.24, 2.45) is 0 Å². The van der Waals surface area contributed by atoms with Crippen molar-refractivity contribution in [1.82, 2.24) is 0 Å². The Morgan fingerprint density at radius 2 is 2.06 bits per heavy atom. The van der Waals surface area contributed by atoms with E-state index >= 15 is 0 Å². The number of nitrogens with zero attached hydrogens (tertiary/aromatic N) is 1. The van der Waals surface area contributed by atoms with Gasteiger partial charge in [-0.2, -0.15) is 0 Å². The van der Waals surface area contributed by atoms with E-state index in [1.54, 1.807) is 18.2 Å². The minimum absolute atomic E-state index is 0.103. The maximum Gasteiger partial charge on any atom is 0.289 e. The summed E-state index contributed by atoms with van der Waals surface area (Å²) in [6, 6.07) is 7.84. The second kappa shape index (κ2) is 5.29. The summed E-state index contributed by atoms with van der Waals surface area (Å²) in [5, 5.41) is 14.1. The molecule has 0 fully saturated rings. The summed E-state index contributed by atoms with van der Waals surface area (Å²) >= 11 is 11.3. The molecule has 5 nitrogen and oxygen atoms in total. The fourth-order valence-corrected chi connectivity index (χ4v) is 1.75. The third-order valence-corrected chi connectivity index (χ3v) is 2.76. The molecule has 0 aliphatic carbocycles. The summed E-state index contributed by atoms with van der Waals surface area (Å²) in [7, 11) is 0. The monoisotopic (exact) mass is 286 g/mol. The minimum Gasteiger partial charge on any atom is -0.448 e. The summed E-state index contributed by atoms with van der Waals surface area (Å²) in [5.41, 5.74) is 0.442. The fraction of sp³-hybridized carbons (Fsp3) is 0.0909. The van der Waals surface area contributed by atoms with Gasteiger partial charge in [0.2, 0.25) is 0 Å². The van der Waals surface area contributed by atoms with Gasteiger partial charge >= 0.3 is 0 Å². The predicted octanol–water partition coefficient (Wildman–Crippen LogP) is 4.11.